The highest BCUT2D eigenvalue weighted by atomic mass is 32.2. The van der Waals surface area contributed by atoms with Gasteiger partial charge >= 0.3 is 0 Å². The lowest BCUT2D eigenvalue weighted by molar-refractivity contribution is 0.317. The topological polar surface area (TPSA) is 52.5 Å². The van der Waals surface area contributed by atoms with Crippen molar-refractivity contribution in [2.75, 3.05) is 0 Å². The van der Waals surface area contributed by atoms with Gasteiger partial charge in [0.25, 0.3) is 0 Å². The predicted molar refractivity (Wildman–Crippen MR) is 65.0 cm³/mol. The first-order valence-corrected chi connectivity index (χ1v) is 6.77. The number of H-pyrrole nitrogens is 1. The second-order valence-electron chi connectivity index (χ2n) is 4.37. The molecule has 1 saturated carbocycles. The number of nitriles is 1. The Morgan fingerprint density at radius 2 is 2.50 bits per heavy atom. The van der Waals surface area contributed by atoms with Crippen LogP contribution in [0.1, 0.15) is 32.6 Å². The predicted octanol–water partition coefficient (Wildman–Crippen LogP) is 3.22. The van der Waals surface area contributed by atoms with Gasteiger partial charge < -0.3 is 4.98 Å². The molecule has 0 amide bonds. The summed E-state index contributed by atoms with van der Waals surface area (Å²) in [7, 11) is 0. The highest BCUT2D eigenvalue weighted by Gasteiger charge is 2.30. The lowest BCUT2D eigenvalue weighted by Gasteiger charge is -2.31. The van der Waals surface area contributed by atoms with Crippen LogP contribution in [0, 0.1) is 23.2 Å². The maximum absolute atomic E-state index is 9.16. The third-order valence-electron chi connectivity index (χ3n) is 3.38. The molecule has 0 spiro atoms. The van der Waals surface area contributed by atoms with Gasteiger partial charge in [-0.15, -0.1) is 0 Å². The molecule has 2 rings (SSSR count). The SMILES string of the molecule is CCC1CCC(C#N)C(Sc2ncc[nH]2)C1. The zero-order chi connectivity index (χ0) is 11.4. The van der Waals surface area contributed by atoms with Crippen molar-refractivity contribution in [1.82, 2.24) is 9.97 Å². The van der Waals surface area contributed by atoms with Crippen LogP contribution in [0.3, 0.4) is 0 Å². The summed E-state index contributed by atoms with van der Waals surface area (Å²) in [6, 6.07) is 2.45. The van der Waals surface area contributed by atoms with Gasteiger partial charge in [0.2, 0.25) is 0 Å². The second kappa shape index (κ2) is 5.40. The van der Waals surface area contributed by atoms with Crippen molar-refractivity contribution >= 4 is 11.8 Å². The third kappa shape index (κ3) is 2.59. The fourth-order valence-electron chi connectivity index (χ4n) is 2.32. The van der Waals surface area contributed by atoms with Crippen LogP contribution in [0.4, 0.5) is 0 Å². The molecule has 16 heavy (non-hydrogen) atoms. The summed E-state index contributed by atoms with van der Waals surface area (Å²) in [5, 5.41) is 10.5. The Hall–Kier alpha value is -0.950. The zero-order valence-electron chi connectivity index (χ0n) is 9.52. The first-order valence-electron chi connectivity index (χ1n) is 5.89. The van der Waals surface area contributed by atoms with Crippen LogP contribution in [0.5, 0.6) is 0 Å². The van der Waals surface area contributed by atoms with Gasteiger partial charge in [-0.2, -0.15) is 5.26 Å². The molecule has 1 aliphatic rings. The molecule has 3 unspecified atom stereocenters. The number of nitrogens with one attached hydrogen (secondary N) is 1. The number of thioether (sulfide) groups is 1. The Kier molecular flexibility index (Phi) is 3.89. The average molecular weight is 235 g/mol. The summed E-state index contributed by atoms with van der Waals surface area (Å²) >= 11 is 1.73. The van der Waals surface area contributed by atoms with E-state index in [9.17, 15) is 0 Å². The van der Waals surface area contributed by atoms with Crippen LogP contribution in [0.2, 0.25) is 0 Å². The van der Waals surface area contributed by atoms with Gasteiger partial charge in [-0.1, -0.05) is 25.1 Å². The largest absolute Gasteiger partial charge is 0.340 e. The molecule has 1 aromatic rings. The molecule has 0 bridgehead atoms. The van der Waals surface area contributed by atoms with Crippen molar-refractivity contribution in [3.05, 3.63) is 12.4 Å². The molecular weight excluding hydrogens is 218 g/mol. The quantitative estimate of drug-likeness (QED) is 0.875. The Morgan fingerprint density at radius 3 is 3.12 bits per heavy atom. The van der Waals surface area contributed by atoms with Crippen molar-refractivity contribution < 1.29 is 0 Å². The highest BCUT2D eigenvalue weighted by molar-refractivity contribution is 7.99. The van der Waals surface area contributed by atoms with Gasteiger partial charge in [0, 0.05) is 17.6 Å². The van der Waals surface area contributed by atoms with Crippen molar-refractivity contribution in [1.29, 1.82) is 5.26 Å². The number of hydrogen-bond acceptors (Lipinski definition) is 3. The van der Waals surface area contributed by atoms with Crippen LogP contribution in [-0.4, -0.2) is 15.2 Å². The molecule has 0 radical (unpaired) electrons. The van der Waals surface area contributed by atoms with E-state index < -0.39 is 0 Å². The third-order valence-corrected chi connectivity index (χ3v) is 4.65. The summed E-state index contributed by atoms with van der Waals surface area (Å²) in [6.45, 7) is 2.24. The standard InChI is InChI=1S/C12H17N3S/c1-2-9-3-4-10(8-13)11(7-9)16-12-14-5-6-15-12/h5-6,9-11H,2-4,7H2,1H3,(H,14,15). The lowest BCUT2D eigenvalue weighted by Crippen LogP contribution is -2.26. The minimum atomic E-state index is 0.192. The molecule has 86 valence electrons. The minimum absolute atomic E-state index is 0.192. The molecular formula is C12H17N3S. The van der Waals surface area contributed by atoms with E-state index in [1.54, 1.807) is 18.0 Å². The summed E-state index contributed by atoms with van der Waals surface area (Å²) < 4.78 is 0. The van der Waals surface area contributed by atoms with E-state index in [1.165, 1.54) is 12.8 Å². The maximum atomic E-state index is 9.16. The highest BCUT2D eigenvalue weighted by Crippen LogP contribution is 2.39. The summed E-state index contributed by atoms with van der Waals surface area (Å²) in [4.78, 5) is 7.33. The molecule has 1 heterocycles. The Labute approximate surface area is 101 Å². The summed E-state index contributed by atoms with van der Waals surface area (Å²) in [5.74, 6) is 0.981. The van der Waals surface area contributed by atoms with Gasteiger partial charge in [0.05, 0.1) is 12.0 Å². The van der Waals surface area contributed by atoms with Gasteiger partial charge in [-0.25, -0.2) is 4.98 Å². The molecule has 0 saturated heterocycles. The van der Waals surface area contributed by atoms with E-state index >= 15 is 0 Å². The molecule has 1 N–H and O–H groups in total. The van der Waals surface area contributed by atoms with Gasteiger partial charge in [-0.3, -0.25) is 0 Å². The summed E-state index contributed by atoms with van der Waals surface area (Å²) in [6.07, 6.45) is 8.25. The van der Waals surface area contributed by atoms with Crippen molar-refractivity contribution in [3.63, 3.8) is 0 Å². The number of nitrogens with zero attached hydrogens (tertiary/aromatic N) is 2. The fraction of sp³-hybridized carbons (Fsp3) is 0.667. The van der Waals surface area contributed by atoms with Crippen molar-refractivity contribution in [3.8, 4) is 6.07 Å². The maximum Gasteiger partial charge on any atom is 0.165 e. The van der Waals surface area contributed by atoms with E-state index in [2.05, 4.69) is 23.0 Å². The molecule has 1 aliphatic carbocycles. The molecule has 0 aromatic carbocycles. The molecule has 4 heteroatoms. The Balaban J connectivity index is 2.01. The molecule has 1 fully saturated rings. The van der Waals surface area contributed by atoms with Crippen molar-refractivity contribution in [2.24, 2.45) is 11.8 Å². The van der Waals surface area contributed by atoms with Crippen LogP contribution >= 0.6 is 11.8 Å². The van der Waals surface area contributed by atoms with Crippen LogP contribution in [-0.2, 0) is 0 Å². The second-order valence-corrected chi connectivity index (χ2v) is 5.60. The van der Waals surface area contributed by atoms with E-state index in [-0.39, 0.29) is 5.92 Å². The van der Waals surface area contributed by atoms with E-state index in [4.69, 9.17) is 5.26 Å². The smallest absolute Gasteiger partial charge is 0.165 e. The number of hydrogen-bond donors (Lipinski definition) is 1. The van der Waals surface area contributed by atoms with Gasteiger partial charge in [0.15, 0.2) is 5.16 Å². The normalized spacial score (nSPS) is 29.9. The number of aromatic amines is 1. The molecule has 3 atom stereocenters. The van der Waals surface area contributed by atoms with Crippen LogP contribution in [0.25, 0.3) is 0 Å². The van der Waals surface area contributed by atoms with Crippen molar-refractivity contribution in [2.45, 2.75) is 43.0 Å². The monoisotopic (exact) mass is 235 g/mol. The first-order chi connectivity index (χ1) is 7.83. The lowest BCUT2D eigenvalue weighted by atomic mass is 9.81. The average Bonchev–Trinajstić information content (AvgIpc) is 2.82. The number of aromatic nitrogens is 2. The number of rotatable bonds is 3. The molecule has 1 aromatic heterocycles. The number of imidazole rings is 1. The van der Waals surface area contributed by atoms with Gasteiger partial charge in [0.1, 0.15) is 0 Å². The van der Waals surface area contributed by atoms with Gasteiger partial charge in [-0.05, 0) is 25.2 Å². The Bertz CT molecular complexity index is 355. The summed E-state index contributed by atoms with van der Waals surface area (Å²) in [5.41, 5.74) is 0. The zero-order valence-corrected chi connectivity index (χ0v) is 10.3. The van der Waals surface area contributed by atoms with E-state index in [0.717, 1.165) is 23.9 Å². The van der Waals surface area contributed by atoms with E-state index in [0.29, 0.717) is 5.25 Å². The minimum Gasteiger partial charge on any atom is -0.340 e. The van der Waals surface area contributed by atoms with Crippen LogP contribution < -0.4 is 0 Å². The Morgan fingerprint density at radius 1 is 1.62 bits per heavy atom. The molecule has 3 nitrogen and oxygen atoms in total. The van der Waals surface area contributed by atoms with Crippen LogP contribution in [0.15, 0.2) is 17.6 Å². The van der Waals surface area contributed by atoms with E-state index in [1.807, 2.05) is 6.20 Å². The molecule has 0 aliphatic heterocycles. The fourth-order valence-corrected chi connectivity index (χ4v) is 3.59. The first kappa shape index (κ1) is 11.5.